The molecule has 0 spiro atoms. The van der Waals surface area contributed by atoms with Crippen molar-refractivity contribution in [3.8, 4) is 0 Å². The minimum Gasteiger partial charge on any atom is -0.321 e. The van der Waals surface area contributed by atoms with Crippen molar-refractivity contribution in [1.29, 1.82) is 0 Å². The highest BCUT2D eigenvalue weighted by Crippen LogP contribution is 2.36. The van der Waals surface area contributed by atoms with Crippen molar-refractivity contribution in [2.75, 3.05) is 5.32 Å². The summed E-state index contributed by atoms with van der Waals surface area (Å²) >= 11 is 0. The van der Waals surface area contributed by atoms with E-state index in [0.717, 1.165) is 24.3 Å². The van der Waals surface area contributed by atoms with Gasteiger partial charge >= 0.3 is 6.18 Å². The molecule has 0 heterocycles. The number of hydrogen-bond acceptors (Lipinski definition) is 2. The zero-order valence-electron chi connectivity index (χ0n) is 16.0. The van der Waals surface area contributed by atoms with E-state index in [-0.39, 0.29) is 18.4 Å². The molecule has 8 heteroatoms. The molecule has 1 N–H and O–H groups in total. The Morgan fingerprint density at radius 3 is 2.13 bits per heavy atom. The maximum atomic E-state index is 13.7. The molecule has 31 heavy (non-hydrogen) atoms. The van der Waals surface area contributed by atoms with Crippen molar-refractivity contribution in [3.05, 3.63) is 101 Å². The predicted molar refractivity (Wildman–Crippen MR) is 105 cm³/mol. The third kappa shape index (κ3) is 5.75. The minimum atomic E-state index is -4.82. The second kappa shape index (κ2) is 9.07. The van der Waals surface area contributed by atoms with Crippen LogP contribution in [0.2, 0.25) is 0 Å². The molecule has 0 unspecified atom stereocenters. The molecule has 0 saturated carbocycles. The third-order valence-corrected chi connectivity index (χ3v) is 4.45. The number of amides is 1. The largest absolute Gasteiger partial charge is 0.418 e. The first kappa shape index (κ1) is 22.1. The third-order valence-electron chi connectivity index (χ3n) is 4.45. The Balaban J connectivity index is 1.81. The van der Waals surface area contributed by atoms with Crippen LogP contribution in [-0.2, 0) is 23.8 Å². The van der Waals surface area contributed by atoms with Crippen molar-refractivity contribution >= 4 is 17.4 Å². The fourth-order valence-electron chi connectivity index (χ4n) is 3.04. The van der Waals surface area contributed by atoms with E-state index in [1.807, 2.05) is 0 Å². The van der Waals surface area contributed by atoms with Crippen LogP contribution in [0.3, 0.4) is 0 Å². The molecule has 0 bridgehead atoms. The van der Waals surface area contributed by atoms with Gasteiger partial charge < -0.3 is 5.32 Å². The Morgan fingerprint density at radius 1 is 0.806 bits per heavy atom. The Hall–Kier alpha value is -3.55. The van der Waals surface area contributed by atoms with Crippen molar-refractivity contribution in [1.82, 2.24) is 0 Å². The summed E-state index contributed by atoms with van der Waals surface area (Å²) in [5.41, 5.74) is -1.62. The van der Waals surface area contributed by atoms with Gasteiger partial charge in [-0.15, -0.1) is 0 Å². The number of carbonyl (C=O) groups is 2. The molecule has 3 aromatic carbocycles. The number of carbonyl (C=O) groups excluding carboxylic acids is 2. The van der Waals surface area contributed by atoms with Crippen molar-refractivity contribution in [3.63, 3.8) is 0 Å². The van der Waals surface area contributed by atoms with Gasteiger partial charge in [0.2, 0.25) is 0 Å². The maximum Gasteiger partial charge on any atom is 0.418 e. The SMILES string of the molecule is O=C(Cc1cccc(F)c1)Cc1ccc(NC(=O)c2ccccc2F)c(C(F)(F)F)c1. The van der Waals surface area contributed by atoms with E-state index in [9.17, 15) is 31.5 Å². The number of halogens is 5. The Bertz CT molecular complexity index is 1120. The van der Waals surface area contributed by atoms with E-state index in [2.05, 4.69) is 5.32 Å². The van der Waals surface area contributed by atoms with Gasteiger partial charge in [0.25, 0.3) is 5.91 Å². The number of benzene rings is 3. The van der Waals surface area contributed by atoms with Crippen LogP contribution in [0.5, 0.6) is 0 Å². The standard InChI is InChI=1S/C23H16F5NO2/c24-16-5-3-4-14(10-16)11-17(30)12-15-8-9-21(19(13-15)23(26,27)28)29-22(31)18-6-1-2-7-20(18)25/h1-10,13H,11-12H2,(H,29,31). The average molecular weight is 433 g/mol. The van der Waals surface area contributed by atoms with Gasteiger partial charge in [0.15, 0.2) is 0 Å². The summed E-state index contributed by atoms with van der Waals surface area (Å²) in [5.74, 6) is -2.81. The highest BCUT2D eigenvalue weighted by molar-refractivity contribution is 6.05. The summed E-state index contributed by atoms with van der Waals surface area (Å²) in [6.07, 6.45) is -5.26. The van der Waals surface area contributed by atoms with Crippen LogP contribution in [0.4, 0.5) is 27.6 Å². The van der Waals surface area contributed by atoms with E-state index in [1.165, 1.54) is 36.4 Å². The van der Waals surface area contributed by atoms with Crippen LogP contribution in [0.1, 0.15) is 27.0 Å². The highest BCUT2D eigenvalue weighted by Gasteiger charge is 2.34. The van der Waals surface area contributed by atoms with Crippen molar-refractivity contribution < 1.29 is 31.5 Å². The van der Waals surface area contributed by atoms with E-state index >= 15 is 0 Å². The lowest BCUT2D eigenvalue weighted by molar-refractivity contribution is -0.137. The lowest BCUT2D eigenvalue weighted by Gasteiger charge is -2.15. The monoisotopic (exact) mass is 433 g/mol. The molecule has 0 aromatic heterocycles. The van der Waals surface area contributed by atoms with Gasteiger partial charge in [-0.25, -0.2) is 8.78 Å². The molecule has 0 saturated heterocycles. The molecule has 3 nitrogen and oxygen atoms in total. The summed E-state index contributed by atoms with van der Waals surface area (Å²) in [7, 11) is 0. The predicted octanol–water partition coefficient (Wildman–Crippen LogP) is 5.59. The summed E-state index contributed by atoms with van der Waals surface area (Å²) in [4.78, 5) is 24.4. The lowest BCUT2D eigenvalue weighted by Crippen LogP contribution is -2.18. The van der Waals surface area contributed by atoms with Crippen LogP contribution >= 0.6 is 0 Å². The number of alkyl halides is 3. The van der Waals surface area contributed by atoms with Gasteiger partial charge in [-0.1, -0.05) is 30.3 Å². The van der Waals surface area contributed by atoms with Gasteiger partial charge in [0.1, 0.15) is 17.4 Å². The maximum absolute atomic E-state index is 13.7. The second-order valence-corrected chi connectivity index (χ2v) is 6.83. The lowest BCUT2D eigenvalue weighted by atomic mass is 10.00. The fourth-order valence-corrected chi connectivity index (χ4v) is 3.04. The van der Waals surface area contributed by atoms with Crippen LogP contribution in [0.25, 0.3) is 0 Å². The average Bonchev–Trinajstić information content (AvgIpc) is 2.68. The summed E-state index contributed by atoms with van der Waals surface area (Å²) in [5, 5.41) is 2.08. The Labute approximate surface area is 174 Å². The van der Waals surface area contributed by atoms with Crippen molar-refractivity contribution in [2.24, 2.45) is 0 Å². The van der Waals surface area contributed by atoms with Crippen LogP contribution < -0.4 is 5.32 Å². The van der Waals surface area contributed by atoms with E-state index in [4.69, 9.17) is 0 Å². The van der Waals surface area contributed by atoms with Gasteiger partial charge in [-0.05, 0) is 47.5 Å². The molecule has 0 radical (unpaired) electrons. The molecule has 3 rings (SSSR count). The van der Waals surface area contributed by atoms with Gasteiger partial charge in [0.05, 0.1) is 16.8 Å². The number of Topliss-reactive ketones (excluding diaryl/α,β-unsaturated/α-hetero) is 1. The number of ketones is 1. The topological polar surface area (TPSA) is 46.2 Å². The Morgan fingerprint density at radius 2 is 1.48 bits per heavy atom. The number of nitrogens with one attached hydrogen (secondary N) is 1. The van der Waals surface area contributed by atoms with E-state index < -0.39 is 46.3 Å². The first-order valence-corrected chi connectivity index (χ1v) is 9.15. The van der Waals surface area contributed by atoms with Crippen LogP contribution in [0.15, 0.2) is 66.7 Å². The minimum absolute atomic E-state index is 0.0811. The van der Waals surface area contributed by atoms with E-state index in [0.29, 0.717) is 5.56 Å². The second-order valence-electron chi connectivity index (χ2n) is 6.83. The normalized spacial score (nSPS) is 11.3. The molecule has 0 atom stereocenters. The van der Waals surface area contributed by atoms with Crippen LogP contribution in [-0.4, -0.2) is 11.7 Å². The molecular weight excluding hydrogens is 417 g/mol. The number of hydrogen-bond donors (Lipinski definition) is 1. The van der Waals surface area contributed by atoms with Gasteiger partial charge in [0, 0.05) is 12.8 Å². The zero-order valence-corrected chi connectivity index (χ0v) is 16.0. The molecule has 0 aliphatic rings. The molecule has 1 amide bonds. The molecule has 0 fully saturated rings. The summed E-state index contributed by atoms with van der Waals surface area (Å²) in [6.45, 7) is 0. The number of rotatable bonds is 6. The van der Waals surface area contributed by atoms with Crippen molar-refractivity contribution in [2.45, 2.75) is 19.0 Å². The highest BCUT2D eigenvalue weighted by atomic mass is 19.4. The Kier molecular flexibility index (Phi) is 6.48. The first-order chi connectivity index (χ1) is 14.6. The smallest absolute Gasteiger partial charge is 0.321 e. The number of anilines is 1. The van der Waals surface area contributed by atoms with Gasteiger partial charge in [-0.3, -0.25) is 9.59 Å². The van der Waals surface area contributed by atoms with Gasteiger partial charge in [-0.2, -0.15) is 13.2 Å². The molecule has 0 aliphatic carbocycles. The first-order valence-electron chi connectivity index (χ1n) is 9.15. The molecule has 160 valence electrons. The fraction of sp³-hybridized carbons (Fsp3) is 0.130. The molecule has 3 aromatic rings. The van der Waals surface area contributed by atoms with E-state index in [1.54, 1.807) is 6.07 Å². The zero-order chi connectivity index (χ0) is 22.6. The van der Waals surface area contributed by atoms with Crippen LogP contribution in [0, 0.1) is 11.6 Å². The molecular formula is C23H16F5NO2. The summed E-state index contributed by atoms with van der Waals surface area (Å²) in [6, 6.07) is 13.3. The summed E-state index contributed by atoms with van der Waals surface area (Å²) < 4.78 is 67.6. The molecule has 0 aliphatic heterocycles. The quantitative estimate of drug-likeness (QED) is 0.515.